The van der Waals surface area contributed by atoms with Crippen LogP contribution in [-0.2, 0) is 14.4 Å². The quantitative estimate of drug-likeness (QED) is 0.789. The van der Waals surface area contributed by atoms with Gasteiger partial charge in [-0.05, 0) is 37.7 Å². The molecule has 7 nitrogen and oxygen atoms in total. The Labute approximate surface area is 143 Å². The number of hydrogen-bond donors (Lipinski definition) is 2. The maximum atomic E-state index is 12.2. The van der Waals surface area contributed by atoms with E-state index in [0.717, 1.165) is 0 Å². The third-order valence-electron chi connectivity index (χ3n) is 3.59. The molecule has 0 radical (unpaired) electrons. The lowest BCUT2D eigenvalue weighted by Crippen LogP contribution is -2.47. The molecule has 3 amide bonds. The second-order valence-corrected chi connectivity index (χ2v) is 5.78. The van der Waals surface area contributed by atoms with Gasteiger partial charge in [-0.1, -0.05) is 6.92 Å². The highest BCUT2D eigenvalue weighted by molar-refractivity contribution is 5.93. The molecule has 1 rings (SSSR count). The minimum Gasteiger partial charge on any atom is -0.347 e. The Bertz CT molecular complexity index is 584. The summed E-state index contributed by atoms with van der Waals surface area (Å²) in [4.78, 5) is 38.5. The fourth-order valence-electron chi connectivity index (χ4n) is 2.28. The highest BCUT2D eigenvalue weighted by atomic mass is 16.2. The van der Waals surface area contributed by atoms with Crippen LogP contribution < -0.4 is 10.6 Å². The van der Waals surface area contributed by atoms with Gasteiger partial charge >= 0.3 is 0 Å². The SMILES string of the molecule is CCN(CC(=O)Nc1ccc(NC(C)=O)cc1)C(C)C(=O)N(C)C. The van der Waals surface area contributed by atoms with E-state index in [2.05, 4.69) is 10.6 Å². The van der Waals surface area contributed by atoms with E-state index >= 15 is 0 Å². The van der Waals surface area contributed by atoms with Crippen molar-refractivity contribution in [1.82, 2.24) is 9.80 Å². The molecule has 0 aliphatic rings. The number of nitrogens with zero attached hydrogens (tertiary/aromatic N) is 2. The predicted octanol–water partition coefficient (Wildman–Crippen LogP) is 1.38. The number of anilines is 2. The topological polar surface area (TPSA) is 81.8 Å². The normalized spacial score (nSPS) is 11.8. The van der Waals surface area contributed by atoms with Crippen LogP contribution in [-0.4, -0.2) is 60.7 Å². The zero-order valence-electron chi connectivity index (χ0n) is 14.9. The molecule has 0 heterocycles. The average Bonchev–Trinajstić information content (AvgIpc) is 2.52. The highest BCUT2D eigenvalue weighted by Crippen LogP contribution is 2.13. The molecule has 7 heteroatoms. The molecule has 24 heavy (non-hydrogen) atoms. The minimum atomic E-state index is -0.363. The van der Waals surface area contributed by atoms with Crippen molar-refractivity contribution in [1.29, 1.82) is 0 Å². The first kappa shape index (κ1) is 19.6. The minimum absolute atomic E-state index is 0.0377. The van der Waals surface area contributed by atoms with Gasteiger partial charge in [0.15, 0.2) is 0 Å². The Morgan fingerprint density at radius 2 is 1.54 bits per heavy atom. The number of hydrogen-bond acceptors (Lipinski definition) is 4. The largest absolute Gasteiger partial charge is 0.347 e. The first-order chi connectivity index (χ1) is 11.2. The summed E-state index contributed by atoms with van der Waals surface area (Å²) in [5, 5.41) is 5.45. The zero-order valence-corrected chi connectivity index (χ0v) is 14.9. The first-order valence-electron chi connectivity index (χ1n) is 7.87. The van der Waals surface area contributed by atoms with Gasteiger partial charge in [-0.3, -0.25) is 19.3 Å². The van der Waals surface area contributed by atoms with Crippen LogP contribution in [0.5, 0.6) is 0 Å². The van der Waals surface area contributed by atoms with Crippen LogP contribution >= 0.6 is 0 Å². The first-order valence-corrected chi connectivity index (χ1v) is 7.87. The summed E-state index contributed by atoms with van der Waals surface area (Å²) in [6, 6.07) is 6.50. The maximum Gasteiger partial charge on any atom is 0.239 e. The molecule has 0 fully saturated rings. The molecule has 1 unspecified atom stereocenters. The fraction of sp³-hybridized carbons (Fsp3) is 0.471. The summed E-state index contributed by atoms with van der Waals surface area (Å²) < 4.78 is 0. The number of nitrogens with one attached hydrogen (secondary N) is 2. The van der Waals surface area contributed by atoms with E-state index in [9.17, 15) is 14.4 Å². The predicted molar refractivity (Wildman–Crippen MR) is 94.8 cm³/mol. The van der Waals surface area contributed by atoms with Crippen molar-refractivity contribution in [3.8, 4) is 0 Å². The van der Waals surface area contributed by atoms with Crippen molar-refractivity contribution >= 4 is 29.1 Å². The monoisotopic (exact) mass is 334 g/mol. The molecule has 2 N–H and O–H groups in total. The number of carbonyl (C=O) groups excluding carboxylic acids is 3. The Hall–Kier alpha value is -2.41. The second kappa shape index (κ2) is 9.02. The van der Waals surface area contributed by atoms with Gasteiger partial charge in [0.1, 0.15) is 0 Å². The Kier molecular flexibility index (Phi) is 7.38. The fourth-order valence-corrected chi connectivity index (χ4v) is 2.28. The smallest absolute Gasteiger partial charge is 0.239 e. The highest BCUT2D eigenvalue weighted by Gasteiger charge is 2.23. The number of carbonyl (C=O) groups is 3. The van der Waals surface area contributed by atoms with Crippen LogP contribution in [0.3, 0.4) is 0 Å². The summed E-state index contributed by atoms with van der Waals surface area (Å²) in [7, 11) is 3.40. The Morgan fingerprint density at radius 1 is 1.04 bits per heavy atom. The lowest BCUT2D eigenvalue weighted by Gasteiger charge is -2.28. The van der Waals surface area contributed by atoms with Crippen LogP contribution in [0, 0.1) is 0 Å². The van der Waals surface area contributed by atoms with Crippen molar-refractivity contribution < 1.29 is 14.4 Å². The van der Waals surface area contributed by atoms with Gasteiger partial charge in [-0.15, -0.1) is 0 Å². The van der Waals surface area contributed by atoms with Crippen molar-refractivity contribution in [3.63, 3.8) is 0 Å². The molecule has 0 saturated heterocycles. The van der Waals surface area contributed by atoms with Crippen molar-refractivity contribution in [3.05, 3.63) is 24.3 Å². The van der Waals surface area contributed by atoms with Gasteiger partial charge in [-0.2, -0.15) is 0 Å². The molecule has 0 bridgehead atoms. The van der Waals surface area contributed by atoms with Crippen LogP contribution in [0.25, 0.3) is 0 Å². The molecule has 0 aliphatic carbocycles. The van der Waals surface area contributed by atoms with E-state index in [4.69, 9.17) is 0 Å². The van der Waals surface area contributed by atoms with E-state index in [1.807, 2.05) is 11.8 Å². The summed E-state index contributed by atoms with van der Waals surface area (Å²) in [5.41, 5.74) is 1.30. The van der Waals surface area contributed by atoms with Crippen molar-refractivity contribution in [2.75, 3.05) is 37.8 Å². The third-order valence-corrected chi connectivity index (χ3v) is 3.59. The number of amides is 3. The maximum absolute atomic E-state index is 12.2. The van der Waals surface area contributed by atoms with Gasteiger partial charge < -0.3 is 15.5 Å². The molecule has 0 spiro atoms. The van der Waals surface area contributed by atoms with E-state index < -0.39 is 0 Å². The van der Waals surface area contributed by atoms with Crippen LogP contribution in [0.4, 0.5) is 11.4 Å². The molecule has 0 aliphatic heterocycles. The summed E-state index contributed by atoms with van der Waals surface area (Å²) in [5.74, 6) is -0.378. The molecular formula is C17H26N4O3. The van der Waals surface area contributed by atoms with Gasteiger partial charge in [-0.25, -0.2) is 0 Å². The number of rotatable bonds is 7. The van der Waals surface area contributed by atoms with E-state index in [1.54, 1.807) is 45.3 Å². The lowest BCUT2D eigenvalue weighted by atomic mass is 10.2. The summed E-state index contributed by atoms with van der Waals surface area (Å²) in [6.45, 7) is 5.86. The molecular weight excluding hydrogens is 308 g/mol. The Morgan fingerprint density at radius 3 is 1.96 bits per heavy atom. The summed E-state index contributed by atoms with van der Waals surface area (Å²) >= 11 is 0. The van der Waals surface area contributed by atoms with Crippen molar-refractivity contribution in [2.45, 2.75) is 26.8 Å². The standard InChI is InChI=1S/C17H26N4O3/c1-6-21(12(2)17(24)20(4)5)11-16(23)19-15-9-7-14(8-10-15)18-13(3)22/h7-10,12H,6,11H2,1-5H3,(H,18,22)(H,19,23). The third kappa shape index (κ3) is 6.00. The molecule has 0 saturated carbocycles. The molecule has 132 valence electrons. The summed E-state index contributed by atoms with van der Waals surface area (Å²) in [6.07, 6.45) is 0. The van der Waals surface area contributed by atoms with E-state index in [0.29, 0.717) is 17.9 Å². The van der Waals surface area contributed by atoms with Crippen molar-refractivity contribution in [2.24, 2.45) is 0 Å². The zero-order chi connectivity index (χ0) is 18.3. The molecule has 0 aromatic heterocycles. The second-order valence-electron chi connectivity index (χ2n) is 5.78. The molecule has 1 aromatic rings. The number of likely N-dealkylation sites (N-methyl/N-ethyl adjacent to an activating group) is 2. The Balaban J connectivity index is 2.63. The van der Waals surface area contributed by atoms with Crippen LogP contribution in [0.1, 0.15) is 20.8 Å². The van der Waals surface area contributed by atoms with Crippen LogP contribution in [0.15, 0.2) is 24.3 Å². The van der Waals surface area contributed by atoms with E-state index in [1.165, 1.54) is 11.8 Å². The van der Waals surface area contributed by atoms with Gasteiger partial charge in [0.2, 0.25) is 17.7 Å². The van der Waals surface area contributed by atoms with Gasteiger partial charge in [0.05, 0.1) is 12.6 Å². The molecule has 1 atom stereocenters. The van der Waals surface area contributed by atoms with E-state index in [-0.39, 0.29) is 30.3 Å². The average molecular weight is 334 g/mol. The van der Waals surface area contributed by atoms with Gasteiger partial charge in [0.25, 0.3) is 0 Å². The lowest BCUT2D eigenvalue weighted by molar-refractivity contribution is -0.134. The molecule has 1 aromatic carbocycles. The van der Waals surface area contributed by atoms with Crippen LogP contribution in [0.2, 0.25) is 0 Å². The van der Waals surface area contributed by atoms with Gasteiger partial charge in [0, 0.05) is 32.4 Å². The number of benzene rings is 1.